The number of allylic oxidation sites excluding steroid dienone is 1. The Kier molecular flexibility index (Phi) is 8.84. The molecule has 0 aliphatic carbocycles. The maximum Gasteiger partial charge on any atom is 0.199 e. The third-order valence-corrected chi connectivity index (χ3v) is 3.46. The van der Waals surface area contributed by atoms with Crippen LogP contribution in [-0.4, -0.2) is 12.9 Å². The first-order valence-electron chi connectivity index (χ1n) is 8.21. The molecule has 1 rings (SSSR count). The molecule has 0 aliphatic heterocycles. The Labute approximate surface area is 130 Å². The molecule has 0 spiro atoms. The first kappa shape index (κ1) is 17.8. The Balaban J connectivity index is 2.51. The zero-order valence-corrected chi connectivity index (χ0v) is 13.9. The highest BCUT2D eigenvalue weighted by molar-refractivity contribution is 5.61. The summed E-state index contributed by atoms with van der Waals surface area (Å²) in [4.78, 5) is 0. The Bertz CT molecular complexity index is 395. The summed E-state index contributed by atoms with van der Waals surface area (Å²) in [6, 6.07) is 8.09. The second kappa shape index (κ2) is 10.4. The van der Waals surface area contributed by atoms with Gasteiger partial charge in [0.2, 0.25) is 0 Å². The van der Waals surface area contributed by atoms with Gasteiger partial charge in [0, 0.05) is 6.42 Å². The van der Waals surface area contributed by atoms with Crippen LogP contribution in [-0.2, 0) is 4.74 Å². The van der Waals surface area contributed by atoms with Crippen molar-refractivity contribution in [1.29, 1.82) is 0 Å². The number of hydrogen-bond acceptors (Lipinski definition) is 2. The van der Waals surface area contributed by atoms with E-state index in [9.17, 15) is 0 Å². The Hall–Kier alpha value is -1.28. The second-order valence-electron chi connectivity index (χ2n) is 5.57. The largest absolute Gasteiger partial charge is 0.465 e. The van der Waals surface area contributed by atoms with Gasteiger partial charge in [0.1, 0.15) is 5.75 Å². The Morgan fingerprint density at radius 3 is 2.29 bits per heavy atom. The number of ether oxygens (including phenoxy) is 2. The van der Waals surface area contributed by atoms with Gasteiger partial charge in [0.25, 0.3) is 0 Å². The minimum absolute atomic E-state index is 0.127. The van der Waals surface area contributed by atoms with E-state index in [1.165, 1.54) is 12.8 Å². The van der Waals surface area contributed by atoms with Crippen LogP contribution >= 0.6 is 0 Å². The van der Waals surface area contributed by atoms with E-state index in [0.717, 1.165) is 49.2 Å². The zero-order chi connectivity index (χ0) is 15.5. The molecule has 0 saturated carbocycles. The monoisotopic (exact) mass is 290 g/mol. The molecular weight excluding hydrogens is 260 g/mol. The summed E-state index contributed by atoms with van der Waals surface area (Å²) in [7, 11) is 0. The van der Waals surface area contributed by atoms with Crippen LogP contribution in [0.2, 0.25) is 0 Å². The van der Waals surface area contributed by atoms with Crippen LogP contribution in [0.15, 0.2) is 30.8 Å². The van der Waals surface area contributed by atoms with Crippen molar-refractivity contribution >= 4 is 5.57 Å². The van der Waals surface area contributed by atoms with Gasteiger partial charge in [-0.2, -0.15) is 0 Å². The zero-order valence-electron chi connectivity index (χ0n) is 13.9. The fraction of sp³-hybridized carbons (Fsp3) is 0.579. The summed E-state index contributed by atoms with van der Waals surface area (Å²) in [5.74, 6) is 0.872. The van der Waals surface area contributed by atoms with Crippen LogP contribution in [0, 0.1) is 0 Å². The molecule has 0 radical (unpaired) electrons. The molecule has 1 unspecified atom stereocenters. The van der Waals surface area contributed by atoms with Gasteiger partial charge in [0.05, 0.1) is 6.61 Å². The van der Waals surface area contributed by atoms with Gasteiger partial charge >= 0.3 is 0 Å². The van der Waals surface area contributed by atoms with E-state index in [4.69, 9.17) is 9.47 Å². The molecule has 0 aliphatic rings. The Morgan fingerprint density at radius 1 is 1.05 bits per heavy atom. The van der Waals surface area contributed by atoms with Crippen molar-refractivity contribution in [3.05, 3.63) is 36.4 Å². The van der Waals surface area contributed by atoms with Crippen LogP contribution in [0.25, 0.3) is 5.57 Å². The molecule has 0 saturated heterocycles. The third-order valence-electron chi connectivity index (χ3n) is 3.46. The van der Waals surface area contributed by atoms with Gasteiger partial charge < -0.3 is 9.47 Å². The lowest BCUT2D eigenvalue weighted by molar-refractivity contribution is -0.0863. The fourth-order valence-corrected chi connectivity index (χ4v) is 2.08. The molecule has 0 heterocycles. The number of benzene rings is 1. The fourth-order valence-electron chi connectivity index (χ4n) is 2.08. The molecule has 1 aromatic rings. The van der Waals surface area contributed by atoms with Crippen molar-refractivity contribution in [2.75, 3.05) is 6.61 Å². The van der Waals surface area contributed by atoms with Crippen molar-refractivity contribution in [1.82, 2.24) is 0 Å². The van der Waals surface area contributed by atoms with Gasteiger partial charge in [-0.15, -0.1) is 0 Å². The van der Waals surface area contributed by atoms with Gasteiger partial charge in [-0.05, 0) is 37.5 Å². The van der Waals surface area contributed by atoms with E-state index in [1.54, 1.807) is 0 Å². The summed E-state index contributed by atoms with van der Waals surface area (Å²) < 4.78 is 11.9. The minimum Gasteiger partial charge on any atom is -0.465 e. The molecule has 2 nitrogen and oxygen atoms in total. The predicted octanol–water partition coefficient (Wildman–Crippen LogP) is 5.82. The Morgan fingerprint density at radius 2 is 1.71 bits per heavy atom. The van der Waals surface area contributed by atoms with E-state index in [0.29, 0.717) is 0 Å². The van der Waals surface area contributed by atoms with Crippen molar-refractivity contribution in [3.63, 3.8) is 0 Å². The molecule has 1 atom stereocenters. The molecule has 1 aromatic carbocycles. The summed E-state index contributed by atoms with van der Waals surface area (Å²) in [5, 5.41) is 0. The first-order chi connectivity index (χ1) is 10.2. The van der Waals surface area contributed by atoms with E-state index in [-0.39, 0.29) is 6.29 Å². The summed E-state index contributed by atoms with van der Waals surface area (Å²) in [6.07, 6.45) is 6.65. The normalized spacial score (nSPS) is 12.1. The SMILES string of the molecule is C=C(C)c1ccc(OC(CCCC)OCCCCC)cc1. The molecule has 21 heavy (non-hydrogen) atoms. The molecular formula is C19H30O2. The summed E-state index contributed by atoms with van der Waals surface area (Å²) in [6.45, 7) is 11.1. The van der Waals surface area contributed by atoms with E-state index >= 15 is 0 Å². The molecule has 118 valence electrons. The predicted molar refractivity (Wildman–Crippen MR) is 90.6 cm³/mol. The molecule has 2 heteroatoms. The lowest BCUT2D eigenvalue weighted by Gasteiger charge is -2.19. The minimum atomic E-state index is -0.127. The van der Waals surface area contributed by atoms with Crippen LogP contribution in [0.5, 0.6) is 5.75 Å². The topological polar surface area (TPSA) is 18.5 Å². The highest BCUT2D eigenvalue weighted by Crippen LogP contribution is 2.20. The smallest absolute Gasteiger partial charge is 0.199 e. The van der Waals surface area contributed by atoms with Crippen molar-refractivity contribution < 1.29 is 9.47 Å². The van der Waals surface area contributed by atoms with Crippen LogP contribution in [0.3, 0.4) is 0 Å². The molecule has 0 N–H and O–H groups in total. The summed E-state index contributed by atoms with van der Waals surface area (Å²) in [5.41, 5.74) is 2.22. The first-order valence-corrected chi connectivity index (χ1v) is 8.21. The van der Waals surface area contributed by atoms with Crippen molar-refractivity contribution in [3.8, 4) is 5.75 Å². The molecule has 0 aromatic heterocycles. The number of unbranched alkanes of at least 4 members (excludes halogenated alkanes) is 3. The lowest BCUT2D eigenvalue weighted by atomic mass is 10.1. The maximum atomic E-state index is 5.98. The van der Waals surface area contributed by atoms with Gasteiger partial charge in [0.15, 0.2) is 6.29 Å². The third kappa shape index (κ3) is 7.33. The number of hydrogen-bond donors (Lipinski definition) is 0. The van der Waals surface area contributed by atoms with E-state index in [1.807, 2.05) is 31.2 Å². The van der Waals surface area contributed by atoms with Gasteiger partial charge in [-0.25, -0.2) is 0 Å². The maximum absolute atomic E-state index is 5.98. The van der Waals surface area contributed by atoms with Crippen molar-refractivity contribution in [2.45, 2.75) is 65.6 Å². The lowest BCUT2D eigenvalue weighted by Crippen LogP contribution is -2.21. The molecule has 0 fully saturated rings. The van der Waals surface area contributed by atoms with Crippen LogP contribution < -0.4 is 4.74 Å². The molecule has 0 bridgehead atoms. The van der Waals surface area contributed by atoms with Crippen molar-refractivity contribution in [2.24, 2.45) is 0 Å². The average molecular weight is 290 g/mol. The highest BCUT2D eigenvalue weighted by atomic mass is 16.7. The van der Waals surface area contributed by atoms with Gasteiger partial charge in [-0.3, -0.25) is 0 Å². The molecule has 0 amide bonds. The van der Waals surface area contributed by atoms with Crippen LogP contribution in [0.1, 0.15) is 64.9 Å². The van der Waals surface area contributed by atoms with Crippen LogP contribution in [0.4, 0.5) is 0 Å². The second-order valence-corrected chi connectivity index (χ2v) is 5.57. The highest BCUT2D eigenvalue weighted by Gasteiger charge is 2.10. The van der Waals surface area contributed by atoms with E-state index < -0.39 is 0 Å². The van der Waals surface area contributed by atoms with E-state index in [2.05, 4.69) is 20.4 Å². The van der Waals surface area contributed by atoms with Gasteiger partial charge in [-0.1, -0.05) is 57.4 Å². The summed E-state index contributed by atoms with van der Waals surface area (Å²) >= 11 is 0. The average Bonchev–Trinajstić information content (AvgIpc) is 2.49. The number of rotatable bonds is 11. The quantitative estimate of drug-likeness (QED) is 0.377. The standard InChI is InChI=1S/C19H30O2/c1-5-7-9-15-20-19(10-8-6-2)21-18-13-11-17(12-14-18)16(3)4/h11-14,19H,3,5-10,15H2,1-2,4H3.